The first kappa shape index (κ1) is 13.2. The maximum absolute atomic E-state index is 4.89. The Morgan fingerprint density at radius 3 is 2.68 bits per heavy atom. The average Bonchev–Trinajstić information content (AvgIpc) is 2.69. The SMILES string of the molecule is CSC1=Nc2cc(C3CCCCC3)ccc2CCC1. The summed E-state index contributed by atoms with van der Waals surface area (Å²) in [6.45, 7) is 0. The highest BCUT2D eigenvalue weighted by Crippen LogP contribution is 2.36. The Kier molecular flexibility index (Phi) is 4.27. The van der Waals surface area contributed by atoms with Gasteiger partial charge in [0.2, 0.25) is 0 Å². The lowest BCUT2D eigenvalue weighted by molar-refractivity contribution is 0.443. The highest BCUT2D eigenvalue weighted by Gasteiger charge is 2.17. The van der Waals surface area contributed by atoms with Crippen LogP contribution in [-0.4, -0.2) is 11.3 Å². The van der Waals surface area contributed by atoms with E-state index in [1.54, 1.807) is 0 Å². The summed E-state index contributed by atoms with van der Waals surface area (Å²) in [5.41, 5.74) is 4.23. The first-order valence-electron chi connectivity index (χ1n) is 7.61. The van der Waals surface area contributed by atoms with E-state index in [0.717, 1.165) is 12.3 Å². The number of nitrogens with zero attached hydrogens (tertiary/aromatic N) is 1. The van der Waals surface area contributed by atoms with Gasteiger partial charge in [0.05, 0.1) is 10.7 Å². The molecule has 1 nitrogen and oxygen atoms in total. The lowest BCUT2D eigenvalue weighted by atomic mass is 9.83. The third-order valence-electron chi connectivity index (χ3n) is 4.50. The molecule has 102 valence electrons. The topological polar surface area (TPSA) is 12.4 Å². The molecular formula is C17H23NS. The van der Waals surface area contributed by atoms with Gasteiger partial charge in [0.15, 0.2) is 0 Å². The number of fused-ring (bicyclic) bond motifs is 1. The van der Waals surface area contributed by atoms with Gasteiger partial charge in [0.25, 0.3) is 0 Å². The van der Waals surface area contributed by atoms with E-state index in [4.69, 9.17) is 4.99 Å². The molecule has 0 N–H and O–H groups in total. The van der Waals surface area contributed by atoms with Crippen molar-refractivity contribution in [1.29, 1.82) is 0 Å². The van der Waals surface area contributed by atoms with Gasteiger partial charge < -0.3 is 0 Å². The molecule has 0 bridgehead atoms. The van der Waals surface area contributed by atoms with E-state index in [2.05, 4.69) is 24.5 Å². The average molecular weight is 273 g/mol. The molecule has 0 spiro atoms. The van der Waals surface area contributed by atoms with Crippen LogP contribution in [0.15, 0.2) is 23.2 Å². The van der Waals surface area contributed by atoms with E-state index >= 15 is 0 Å². The maximum atomic E-state index is 4.89. The predicted octanol–water partition coefficient (Wildman–Crippen LogP) is 5.46. The number of rotatable bonds is 1. The lowest BCUT2D eigenvalue weighted by Crippen LogP contribution is -2.04. The minimum Gasteiger partial charge on any atom is -0.246 e. The molecule has 3 rings (SSSR count). The van der Waals surface area contributed by atoms with Crippen LogP contribution in [0.1, 0.15) is 62.0 Å². The largest absolute Gasteiger partial charge is 0.246 e. The molecule has 1 fully saturated rings. The monoisotopic (exact) mass is 273 g/mol. The first-order chi connectivity index (χ1) is 9.36. The van der Waals surface area contributed by atoms with Crippen LogP contribution in [0, 0.1) is 0 Å². The van der Waals surface area contributed by atoms with Gasteiger partial charge in [-0.25, -0.2) is 4.99 Å². The normalized spacial score (nSPS) is 20.6. The number of hydrogen-bond acceptors (Lipinski definition) is 2. The van der Waals surface area contributed by atoms with Crippen LogP contribution in [0.4, 0.5) is 5.69 Å². The predicted molar refractivity (Wildman–Crippen MR) is 85.8 cm³/mol. The number of hydrogen-bond donors (Lipinski definition) is 0. The Morgan fingerprint density at radius 2 is 1.89 bits per heavy atom. The van der Waals surface area contributed by atoms with Crippen LogP contribution in [0.25, 0.3) is 0 Å². The number of benzene rings is 1. The van der Waals surface area contributed by atoms with Crippen LogP contribution in [-0.2, 0) is 6.42 Å². The zero-order chi connectivity index (χ0) is 13.1. The molecule has 19 heavy (non-hydrogen) atoms. The minimum absolute atomic E-state index is 0.787. The van der Waals surface area contributed by atoms with E-state index in [1.165, 1.54) is 66.8 Å². The Labute approximate surface area is 120 Å². The van der Waals surface area contributed by atoms with Gasteiger partial charge in [-0.15, -0.1) is 11.8 Å². The van der Waals surface area contributed by atoms with Crippen LogP contribution >= 0.6 is 11.8 Å². The number of aliphatic imine (C=N–C) groups is 1. The molecule has 0 unspecified atom stereocenters. The Balaban J connectivity index is 1.90. The Morgan fingerprint density at radius 1 is 1.05 bits per heavy atom. The summed E-state index contributed by atoms with van der Waals surface area (Å²) in [5, 5.41) is 1.31. The Hall–Kier alpha value is -0.760. The van der Waals surface area contributed by atoms with Gasteiger partial charge in [-0.1, -0.05) is 31.4 Å². The zero-order valence-electron chi connectivity index (χ0n) is 11.8. The molecule has 0 saturated heterocycles. The summed E-state index contributed by atoms with van der Waals surface area (Å²) in [7, 11) is 0. The van der Waals surface area contributed by atoms with Gasteiger partial charge in [-0.2, -0.15) is 0 Å². The third kappa shape index (κ3) is 3.05. The summed E-state index contributed by atoms with van der Waals surface area (Å²) < 4.78 is 0. The van der Waals surface area contributed by atoms with Crippen LogP contribution in [0.3, 0.4) is 0 Å². The maximum Gasteiger partial charge on any atom is 0.0736 e. The lowest BCUT2D eigenvalue weighted by Gasteiger charge is -2.22. The summed E-state index contributed by atoms with van der Waals surface area (Å²) in [4.78, 5) is 4.89. The van der Waals surface area contributed by atoms with E-state index in [0.29, 0.717) is 0 Å². The number of aryl methyl sites for hydroxylation is 1. The van der Waals surface area contributed by atoms with Crippen molar-refractivity contribution < 1.29 is 0 Å². The second-order valence-electron chi connectivity index (χ2n) is 5.79. The first-order valence-corrected chi connectivity index (χ1v) is 8.83. The summed E-state index contributed by atoms with van der Waals surface area (Å²) in [6, 6.07) is 7.09. The van der Waals surface area contributed by atoms with Crippen molar-refractivity contribution >= 4 is 22.5 Å². The molecule has 0 atom stereocenters. The van der Waals surface area contributed by atoms with Crippen molar-refractivity contribution in [3.63, 3.8) is 0 Å². The van der Waals surface area contributed by atoms with E-state index in [9.17, 15) is 0 Å². The second kappa shape index (κ2) is 6.13. The van der Waals surface area contributed by atoms with Gasteiger partial charge >= 0.3 is 0 Å². The number of thioether (sulfide) groups is 1. The molecule has 0 amide bonds. The molecule has 1 aliphatic heterocycles. The molecule has 1 aromatic carbocycles. The molecule has 1 saturated carbocycles. The molecule has 2 heteroatoms. The standard InChI is InChI=1S/C17H23NS/c1-19-17-9-5-8-14-10-11-15(12-16(14)18-17)13-6-3-2-4-7-13/h10-13H,2-9H2,1H3. The molecule has 0 aromatic heterocycles. The second-order valence-corrected chi connectivity index (χ2v) is 6.67. The van der Waals surface area contributed by atoms with E-state index in [1.807, 2.05) is 11.8 Å². The summed E-state index contributed by atoms with van der Waals surface area (Å²) in [5.74, 6) is 0.787. The van der Waals surface area contributed by atoms with Gasteiger partial charge in [0.1, 0.15) is 0 Å². The van der Waals surface area contributed by atoms with Gasteiger partial charge in [-0.05, 0) is 61.5 Å². The fourth-order valence-corrected chi connectivity index (χ4v) is 3.89. The van der Waals surface area contributed by atoms with E-state index in [-0.39, 0.29) is 0 Å². The molecule has 1 aliphatic carbocycles. The van der Waals surface area contributed by atoms with Crippen molar-refractivity contribution in [2.24, 2.45) is 4.99 Å². The van der Waals surface area contributed by atoms with Gasteiger partial charge in [0, 0.05) is 0 Å². The van der Waals surface area contributed by atoms with Crippen molar-refractivity contribution in [1.82, 2.24) is 0 Å². The molecular weight excluding hydrogens is 250 g/mol. The van der Waals surface area contributed by atoms with Crippen LogP contribution in [0.2, 0.25) is 0 Å². The summed E-state index contributed by atoms with van der Waals surface area (Å²) >= 11 is 1.81. The summed E-state index contributed by atoms with van der Waals surface area (Å²) in [6.07, 6.45) is 12.7. The zero-order valence-corrected chi connectivity index (χ0v) is 12.6. The quantitative estimate of drug-likeness (QED) is 0.661. The van der Waals surface area contributed by atoms with Crippen LogP contribution in [0.5, 0.6) is 0 Å². The smallest absolute Gasteiger partial charge is 0.0736 e. The highest BCUT2D eigenvalue weighted by molar-refractivity contribution is 8.13. The molecule has 1 heterocycles. The van der Waals surface area contributed by atoms with Crippen LogP contribution < -0.4 is 0 Å². The third-order valence-corrected chi connectivity index (χ3v) is 5.27. The van der Waals surface area contributed by atoms with E-state index < -0.39 is 0 Å². The van der Waals surface area contributed by atoms with Crippen molar-refractivity contribution in [2.75, 3.05) is 6.26 Å². The Bertz CT molecular complexity index is 472. The molecule has 2 aliphatic rings. The molecule has 1 aromatic rings. The fourth-order valence-electron chi connectivity index (χ4n) is 3.35. The molecule has 0 radical (unpaired) electrons. The van der Waals surface area contributed by atoms with Crippen molar-refractivity contribution in [2.45, 2.75) is 57.3 Å². The fraction of sp³-hybridized carbons (Fsp3) is 0.588. The van der Waals surface area contributed by atoms with Gasteiger partial charge in [-0.3, -0.25) is 0 Å². The minimum atomic E-state index is 0.787. The van der Waals surface area contributed by atoms with Crippen molar-refractivity contribution in [3.8, 4) is 0 Å². The van der Waals surface area contributed by atoms with Crippen molar-refractivity contribution in [3.05, 3.63) is 29.3 Å². The highest BCUT2D eigenvalue weighted by atomic mass is 32.2.